The molecule has 2 rings (SSSR count). The molecule has 0 radical (unpaired) electrons. The Hall–Kier alpha value is -1.60. The van der Waals surface area contributed by atoms with E-state index < -0.39 is 0 Å². The van der Waals surface area contributed by atoms with Gasteiger partial charge >= 0.3 is 0 Å². The normalized spacial score (nSPS) is 10.7. The van der Waals surface area contributed by atoms with Gasteiger partial charge in [0, 0.05) is 0 Å². The number of unbranched alkanes of at least 4 members (excludes halogenated alkanes) is 2. The molecule has 112 valence electrons. The van der Waals surface area contributed by atoms with Gasteiger partial charge in [-0.05, 0) is 62.7 Å². The van der Waals surface area contributed by atoms with Crippen LogP contribution in [0.2, 0.25) is 0 Å². The number of rotatable bonds is 10. The fourth-order valence-electron chi connectivity index (χ4n) is 2.57. The highest BCUT2D eigenvalue weighted by Gasteiger charge is 1.94. The van der Waals surface area contributed by atoms with Crippen molar-refractivity contribution in [3.63, 3.8) is 0 Å². The van der Waals surface area contributed by atoms with Gasteiger partial charge in [-0.25, -0.2) is 0 Å². The minimum absolute atomic E-state index is 1.15. The number of benzene rings is 2. The van der Waals surface area contributed by atoms with E-state index in [0.717, 1.165) is 13.1 Å². The first-order chi connectivity index (χ1) is 10.4. The van der Waals surface area contributed by atoms with Crippen LogP contribution < -0.4 is 5.32 Å². The van der Waals surface area contributed by atoms with Gasteiger partial charge in [0.1, 0.15) is 0 Å². The molecule has 1 N–H and O–H groups in total. The van der Waals surface area contributed by atoms with E-state index in [0.29, 0.717) is 0 Å². The summed E-state index contributed by atoms with van der Waals surface area (Å²) in [4.78, 5) is 0. The lowest BCUT2D eigenvalue weighted by Crippen LogP contribution is -2.16. The Morgan fingerprint density at radius 2 is 0.952 bits per heavy atom. The lowest BCUT2D eigenvalue weighted by atomic mass is 10.1. The Labute approximate surface area is 129 Å². The summed E-state index contributed by atoms with van der Waals surface area (Å²) in [6, 6.07) is 21.5. The van der Waals surface area contributed by atoms with Crippen LogP contribution in [0.15, 0.2) is 60.7 Å². The van der Waals surface area contributed by atoms with Crippen molar-refractivity contribution in [3.05, 3.63) is 71.8 Å². The van der Waals surface area contributed by atoms with E-state index in [1.165, 1.54) is 49.7 Å². The monoisotopic (exact) mass is 281 g/mol. The van der Waals surface area contributed by atoms with Gasteiger partial charge < -0.3 is 5.32 Å². The lowest BCUT2D eigenvalue weighted by molar-refractivity contribution is 0.589. The minimum atomic E-state index is 1.15. The molecule has 1 heteroatoms. The molecule has 0 heterocycles. The van der Waals surface area contributed by atoms with Gasteiger partial charge in [0.25, 0.3) is 0 Å². The summed E-state index contributed by atoms with van der Waals surface area (Å²) in [5, 5.41) is 3.56. The average Bonchev–Trinajstić information content (AvgIpc) is 2.55. The highest BCUT2D eigenvalue weighted by atomic mass is 14.8. The van der Waals surface area contributed by atoms with Crippen LogP contribution in [0, 0.1) is 0 Å². The zero-order valence-electron chi connectivity index (χ0n) is 12.9. The van der Waals surface area contributed by atoms with Crippen molar-refractivity contribution in [1.82, 2.24) is 5.32 Å². The largest absolute Gasteiger partial charge is 0.317 e. The molecule has 0 bridgehead atoms. The molecule has 2 aromatic rings. The van der Waals surface area contributed by atoms with Gasteiger partial charge in [0.2, 0.25) is 0 Å². The molecule has 0 aromatic heterocycles. The molecule has 0 fully saturated rings. The molecule has 0 saturated carbocycles. The van der Waals surface area contributed by atoms with Gasteiger partial charge in [0.15, 0.2) is 0 Å². The van der Waals surface area contributed by atoms with E-state index in [1.807, 2.05) is 0 Å². The van der Waals surface area contributed by atoms with E-state index in [9.17, 15) is 0 Å². The van der Waals surface area contributed by atoms with Crippen LogP contribution >= 0.6 is 0 Å². The Bertz CT molecular complexity index is 418. The Morgan fingerprint density at radius 1 is 0.524 bits per heavy atom. The third-order valence-corrected chi connectivity index (χ3v) is 3.82. The summed E-state index contributed by atoms with van der Waals surface area (Å²) in [6.07, 6.45) is 7.51. The second-order valence-electron chi connectivity index (χ2n) is 5.64. The average molecular weight is 281 g/mol. The predicted molar refractivity (Wildman–Crippen MR) is 91.6 cm³/mol. The maximum atomic E-state index is 3.56. The van der Waals surface area contributed by atoms with Crippen LogP contribution in [-0.2, 0) is 12.8 Å². The smallest absolute Gasteiger partial charge is 0.00488 e. The van der Waals surface area contributed by atoms with E-state index in [-0.39, 0.29) is 0 Å². The van der Waals surface area contributed by atoms with Crippen molar-refractivity contribution >= 4 is 0 Å². The predicted octanol–water partition coefficient (Wildman–Crippen LogP) is 4.62. The fraction of sp³-hybridized carbons (Fsp3) is 0.400. The van der Waals surface area contributed by atoms with Gasteiger partial charge in [-0.3, -0.25) is 0 Å². The summed E-state index contributed by atoms with van der Waals surface area (Å²) in [5.41, 5.74) is 2.92. The van der Waals surface area contributed by atoms with Gasteiger partial charge in [-0.15, -0.1) is 0 Å². The van der Waals surface area contributed by atoms with Crippen molar-refractivity contribution in [2.24, 2.45) is 0 Å². The number of aryl methyl sites for hydroxylation is 2. The third kappa shape index (κ3) is 7.10. The summed E-state index contributed by atoms with van der Waals surface area (Å²) in [5.74, 6) is 0. The lowest BCUT2D eigenvalue weighted by Gasteiger charge is -2.05. The quantitative estimate of drug-likeness (QED) is 0.626. The van der Waals surface area contributed by atoms with Crippen molar-refractivity contribution in [3.8, 4) is 0 Å². The molecule has 0 aliphatic heterocycles. The number of hydrogen-bond acceptors (Lipinski definition) is 1. The van der Waals surface area contributed by atoms with Gasteiger partial charge in [-0.2, -0.15) is 0 Å². The zero-order chi connectivity index (χ0) is 14.6. The summed E-state index contributed by atoms with van der Waals surface area (Å²) < 4.78 is 0. The highest BCUT2D eigenvalue weighted by molar-refractivity contribution is 5.15. The van der Waals surface area contributed by atoms with Crippen molar-refractivity contribution in [2.75, 3.05) is 13.1 Å². The van der Waals surface area contributed by atoms with E-state index in [2.05, 4.69) is 66.0 Å². The fourth-order valence-corrected chi connectivity index (χ4v) is 2.57. The van der Waals surface area contributed by atoms with Crippen LogP contribution in [0.5, 0.6) is 0 Å². The maximum Gasteiger partial charge on any atom is -0.00488 e. The van der Waals surface area contributed by atoms with Crippen LogP contribution in [-0.4, -0.2) is 13.1 Å². The molecular formula is C20H27N. The molecular weight excluding hydrogens is 254 g/mol. The molecule has 0 unspecified atom stereocenters. The third-order valence-electron chi connectivity index (χ3n) is 3.82. The first-order valence-electron chi connectivity index (χ1n) is 8.24. The van der Waals surface area contributed by atoms with E-state index >= 15 is 0 Å². The van der Waals surface area contributed by atoms with Crippen molar-refractivity contribution < 1.29 is 0 Å². The van der Waals surface area contributed by atoms with E-state index in [4.69, 9.17) is 0 Å². The van der Waals surface area contributed by atoms with Gasteiger partial charge in [-0.1, -0.05) is 60.7 Å². The summed E-state index contributed by atoms with van der Waals surface area (Å²) in [6.45, 7) is 2.30. The Morgan fingerprint density at radius 3 is 1.38 bits per heavy atom. The van der Waals surface area contributed by atoms with Crippen molar-refractivity contribution in [1.29, 1.82) is 0 Å². The molecule has 0 aliphatic carbocycles. The van der Waals surface area contributed by atoms with Crippen LogP contribution in [0.1, 0.15) is 36.8 Å². The molecule has 0 amide bonds. The summed E-state index contributed by atoms with van der Waals surface area (Å²) >= 11 is 0. The molecule has 1 nitrogen and oxygen atoms in total. The molecule has 2 aromatic carbocycles. The molecule has 0 atom stereocenters. The second kappa shape index (κ2) is 10.2. The molecule has 21 heavy (non-hydrogen) atoms. The van der Waals surface area contributed by atoms with Crippen LogP contribution in [0.3, 0.4) is 0 Å². The first kappa shape index (κ1) is 15.8. The SMILES string of the molecule is c1ccc(CCCCNCCCCc2ccccc2)cc1. The van der Waals surface area contributed by atoms with Crippen LogP contribution in [0.4, 0.5) is 0 Å². The zero-order valence-corrected chi connectivity index (χ0v) is 12.9. The van der Waals surface area contributed by atoms with Crippen molar-refractivity contribution in [2.45, 2.75) is 38.5 Å². The number of hydrogen-bond donors (Lipinski definition) is 1. The molecule has 0 aliphatic rings. The van der Waals surface area contributed by atoms with Gasteiger partial charge in [0.05, 0.1) is 0 Å². The molecule has 0 spiro atoms. The van der Waals surface area contributed by atoms with E-state index in [1.54, 1.807) is 0 Å². The topological polar surface area (TPSA) is 12.0 Å². The Kier molecular flexibility index (Phi) is 7.65. The first-order valence-corrected chi connectivity index (χ1v) is 8.24. The second-order valence-corrected chi connectivity index (χ2v) is 5.64. The summed E-state index contributed by atoms with van der Waals surface area (Å²) in [7, 11) is 0. The highest BCUT2D eigenvalue weighted by Crippen LogP contribution is 2.05. The Balaban J connectivity index is 1.40. The maximum absolute atomic E-state index is 3.56. The number of nitrogens with one attached hydrogen (secondary N) is 1. The minimum Gasteiger partial charge on any atom is -0.317 e. The van der Waals surface area contributed by atoms with Crippen LogP contribution in [0.25, 0.3) is 0 Å². The molecule has 0 saturated heterocycles. The standard InChI is InChI=1S/C20H27N/c1-3-11-19(12-4-1)15-7-9-17-21-18-10-8-16-20-13-5-2-6-14-20/h1-6,11-14,21H,7-10,15-18H2.